The molecular formula is CrInMnSb. The molecule has 0 heterocycles. The molecule has 0 aromatic rings. The minimum Gasteiger partial charge on any atom is 0 e. The molecule has 21 valence electrons. The van der Waals surface area contributed by atoms with E-state index in [2.05, 4.69) is 0 Å². The van der Waals surface area contributed by atoms with Gasteiger partial charge >= 0.3 is 0 Å². The zero-order valence-electron chi connectivity index (χ0n) is 1.81. The fraction of sp³-hybridized carbons (Fsp3) is 0. The second kappa shape index (κ2) is 17.2. The molecule has 0 aliphatic heterocycles. The Morgan fingerprint density at radius 3 is 1.00 bits per heavy atom. The topological polar surface area (TPSA) is 0 Å². The zero-order chi connectivity index (χ0) is 0. The molecule has 0 aliphatic carbocycles. The molecule has 0 unspecified atom stereocenters. The number of hydrogen-bond acceptors (Lipinski definition) is 0. The first kappa shape index (κ1) is 29.6. The summed E-state index contributed by atoms with van der Waals surface area (Å²) >= 11 is 0. The van der Waals surface area contributed by atoms with Gasteiger partial charge in [0.15, 0.2) is 0 Å². The average Bonchev–Trinajstić information content (AvgIpc) is 0. The van der Waals surface area contributed by atoms with Crippen molar-refractivity contribution >= 4 is 50.3 Å². The minimum atomic E-state index is 0. The van der Waals surface area contributed by atoms with Crippen molar-refractivity contribution < 1.29 is 34.4 Å². The summed E-state index contributed by atoms with van der Waals surface area (Å²) in [6.07, 6.45) is 0. The molecule has 0 N–H and O–H groups in total. The van der Waals surface area contributed by atoms with Gasteiger partial charge in [0, 0.05) is 84.7 Å². The molecule has 0 bridgehead atoms. The quantitative estimate of drug-likeness (QED) is 0.507. The van der Waals surface area contributed by atoms with Crippen LogP contribution in [-0.4, -0.2) is 50.3 Å². The van der Waals surface area contributed by atoms with Crippen LogP contribution in [0.25, 0.3) is 0 Å². The predicted molar refractivity (Wildman–Crippen MR) is 11.5 cm³/mol. The number of hydrogen-bond donors (Lipinski definition) is 0. The molecule has 0 amide bonds. The largest absolute Gasteiger partial charge is 0 e. The van der Waals surface area contributed by atoms with Crippen molar-refractivity contribution in [1.29, 1.82) is 0 Å². The molecule has 0 atom stereocenters. The van der Waals surface area contributed by atoms with Crippen LogP contribution in [0.1, 0.15) is 0 Å². The Morgan fingerprint density at radius 1 is 1.00 bits per heavy atom. The molecule has 4 heavy (non-hydrogen) atoms. The molecule has 0 fully saturated rings. The summed E-state index contributed by atoms with van der Waals surface area (Å²) in [6, 6.07) is 0. The van der Waals surface area contributed by atoms with E-state index < -0.39 is 0 Å². The van der Waals surface area contributed by atoms with Crippen LogP contribution in [0.2, 0.25) is 0 Å². The van der Waals surface area contributed by atoms with Crippen molar-refractivity contribution in [2.45, 2.75) is 0 Å². The average molecular weight is 344 g/mol. The maximum Gasteiger partial charge on any atom is 0 e. The van der Waals surface area contributed by atoms with Gasteiger partial charge in [-0.2, -0.15) is 0 Å². The zero-order valence-corrected chi connectivity index (χ0v) is 10.1. The van der Waals surface area contributed by atoms with Crippen molar-refractivity contribution in [2.24, 2.45) is 0 Å². The van der Waals surface area contributed by atoms with Crippen LogP contribution in [0.5, 0.6) is 0 Å². The maximum atomic E-state index is 0. The van der Waals surface area contributed by atoms with Gasteiger partial charge in [-0.15, -0.1) is 0 Å². The van der Waals surface area contributed by atoms with Crippen LogP contribution in [0.3, 0.4) is 0 Å². The van der Waals surface area contributed by atoms with Crippen molar-refractivity contribution in [1.82, 2.24) is 0 Å². The Bertz CT molecular complexity index is 8.00. The molecule has 0 aromatic carbocycles. The van der Waals surface area contributed by atoms with Gasteiger partial charge in [0.05, 0.1) is 0 Å². The minimum absolute atomic E-state index is 0. The summed E-state index contributed by atoms with van der Waals surface area (Å²) < 4.78 is 0. The third-order valence-corrected chi connectivity index (χ3v) is 0. The van der Waals surface area contributed by atoms with Crippen molar-refractivity contribution in [2.75, 3.05) is 0 Å². The molecule has 0 spiro atoms. The van der Waals surface area contributed by atoms with Crippen molar-refractivity contribution in [3.8, 4) is 0 Å². The third kappa shape index (κ3) is 8.83. The normalized spacial score (nSPS) is 0. The molecule has 0 aliphatic rings. The van der Waals surface area contributed by atoms with Crippen molar-refractivity contribution in [3.63, 3.8) is 0 Å². The fourth-order valence-electron chi connectivity index (χ4n) is 0. The van der Waals surface area contributed by atoms with E-state index in [4.69, 9.17) is 0 Å². The summed E-state index contributed by atoms with van der Waals surface area (Å²) in [4.78, 5) is 0. The smallest absolute Gasteiger partial charge is 0 e. The predicted octanol–water partition coefficient (Wildman–Crippen LogP) is -0.767. The monoisotopic (exact) mass is 343 g/mol. The van der Waals surface area contributed by atoms with Crippen LogP contribution in [0.4, 0.5) is 0 Å². The summed E-state index contributed by atoms with van der Waals surface area (Å²) in [7, 11) is 0. The van der Waals surface area contributed by atoms with E-state index >= 15 is 0 Å². The second-order valence-corrected chi connectivity index (χ2v) is 0. The van der Waals surface area contributed by atoms with E-state index in [1.54, 1.807) is 0 Å². The van der Waals surface area contributed by atoms with Crippen LogP contribution in [-0.2, 0) is 34.4 Å². The van der Waals surface area contributed by atoms with E-state index in [1.165, 1.54) is 0 Å². The van der Waals surface area contributed by atoms with Crippen LogP contribution < -0.4 is 0 Å². The van der Waals surface area contributed by atoms with E-state index in [1.807, 2.05) is 0 Å². The van der Waals surface area contributed by atoms with Gasteiger partial charge in [0.2, 0.25) is 0 Å². The maximum absolute atomic E-state index is 0. The SMILES string of the molecule is [Cr].[In].[Mn].[Sb]. The standard InChI is InChI=1S/Cr.In.Mn.Sb. The summed E-state index contributed by atoms with van der Waals surface area (Å²) in [5.41, 5.74) is 0. The Hall–Kier alpha value is 2.74. The van der Waals surface area contributed by atoms with Crippen LogP contribution in [0.15, 0.2) is 0 Å². The molecule has 0 saturated carbocycles. The first-order valence-electron chi connectivity index (χ1n) is 0. The van der Waals surface area contributed by atoms with Crippen LogP contribution >= 0.6 is 0 Å². The number of rotatable bonds is 0. The van der Waals surface area contributed by atoms with Gasteiger partial charge in [-0.1, -0.05) is 0 Å². The van der Waals surface area contributed by atoms with Gasteiger partial charge in [-0.3, -0.25) is 0 Å². The molecule has 0 rings (SSSR count). The summed E-state index contributed by atoms with van der Waals surface area (Å²) in [6.45, 7) is 0. The fourth-order valence-corrected chi connectivity index (χ4v) is 0. The van der Waals surface area contributed by atoms with Gasteiger partial charge in [-0.25, -0.2) is 0 Å². The second-order valence-electron chi connectivity index (χ2n) is 0. The van der Waals surface area contributed by atoms with E-state index in [-0.39, 0.29) is 84.7 Å². The first-order chi connectivity index (χ1) is 0. The van der Waals surface area contributed by atoms with E-state index in [9.17, 15) is 0 Å². The summed E-state index contributed by atoms with van der Waals surface area (Å²) in [5.74, 6) is 0. The molecule has 0 saturated heterocycles. The van der Waals surface area contributed by atoms with Gasteiger partial charge in [0.25, 0.3) is 0 Å². The van der Waals surface area contributed by atoms with Gasteiger partial charge in [0.1, 0.15) is 0 Å². The molecule has 0 aromatic heterocycles. The van der Waals surface area contributed by atoms with E-state index in [0.29, 0.717) is 0 Å². The Balaban J connectivity index is 0. The molecule has 0 nitrogen and oxygen atoms in total. The third-order valence-electron chi connectivity index (χ3n) is 0. The van der Waals surface area contributed by atoms with Gasteiger partial charge in [-0.05, 0) is 0 Å². The van der Waals surface area contributed by atoms with Crippen molar-refractivity contribution in [3.05, 3.63) is 0 Å². The Labute approximate surface area is 83.3 Å². The first-order valence-corrected chi connectivity index (χ1v) is 0. The van der Waals surface area contributed by atoms with Gasteiger partial charge < -0.3 is 0 Å². The Morgan fingerprint density at radius 2 is 1.00 bits per heavy atom. The van der Waals surface area contributed by atoms with E-state index in [0.717, 1.165) is 0 Å². The summed E-state index contributed by atoms with van der Waals surface area (Å²) in [5, 5.41) is 0. The molecular weight excluding hydrogens is 344 g/mol. The Kier molecular flexibility index (Phi) is 127. The van der Waals surface area contributed by atoms with Crippen LogP contribution in [0, 0.1) is 0 Å². The molecule has 7 radical (unpaired) electrons. The molecule has 4 heteroatoms.